The molecule has 0 spiro atoms. The van der Waals surface area contributed by atoms with Gasteiger partial charge < -0.3 is 5.73 Å². The van der Waals surface area contributed by atoms with Crippen LogP contribution < -0.4 is 5.73 Å². The maximum absolute atomic E-state index is 12.7. The van der Waals surface area contributed by atoms with Crippen LogP contribution in [0.1, 0.15) is 13.3 Å². The van der Waals surface area contributed by atoms with Crippen molar-refractivity contribution in [2.45, 2.75) is 18.2 Å². The second-order valence-corrected chi connectivity index (χ2v) is 7.26. The van der Waals surface area contributed by atoms with Gasteiger partial charge in [-0.15, -0.1) is 0 Å². The Hall–Kier alpha value is -1.51. The summed E-state index contributed by atoms with van der Waals surface area (Å²) in [6.07, 6.45) is 0.710. The van der Waals surface area contributed by atoms with Gasteiger partial charge in [0.1, 0.15) is 0 Å². The minimum absolute atomic E-state index is 0.0799. The molecule has 0 saturated carbocycles. The van der Waals surface area contributed by atoms with Gasteiger partial charge in [-0.1, -0.05) is 19.1 Å². The highest BCUT2D eigenvalue weighted by atomic mass is 32.2. The first-order chi connectivity index (χ1) is 9.87. The fourth-order valence-corrected chi connectivity index (χ4v) is 4.28. The molecule has 1 aliphatic rings. The first-order valence-electron chi connectivity index (χ1n) is 6.81. The molecule has 0 aliphatic carbocycles. The molecule has 1 aliphatic heterocycles. The zero-order valence-electron chi connectivity index (χ0n) is 11.8. The highest BCUT2D eigenvalue weighted by molar-refractivity contribution is 7.89. The monoisotopic (exact) mass is 313 g/mol. The van der Waals surface area contributed by atoms with Crippen LogP contribution >= 0.6 is 0 Å². The van der Waals surface area contributed by atoms with Gasteiger partial charge in [0.15, 0.2) is 4.90 Å². The first-order valence-corrected chi connectivity index (χ1v) is 8.25. The summed E-state index contributed by atoms with van der Waals surface area (Å²) in [5.74, 6) is 0.434. The Morgan fingerprint density at radius 2 is 2.10 bits per heavy atom. The normalized spacial score (nSPS) is 23.9. The van der Waals surface area contributed by atoms with E-state index in [-0.39, 0.29) is 16.5 Å². The van der Waals surface area contributed by atoms with Crippen LogP contribution in [0.15, 0.2) is 29.2 Å². The lowest BCUT2D eigenvalue weighted by Gasteiger charge is -2.35. The van der Waals surface area contributed by atoms with Crippen LogP contribution in [0.25, 0.3) is 0 Å². The largest absolute Gasteiger partial charge is 0.330 e. The van der Waals surface area contributed by atoms with Crippen LogP contribution in [-0.4, -0.2) is 37.3 Å². The molecule has 1 aromatic carbocycles. The van der Waals surface area contributed by atoms with Gasteiger partial charge in [-0.3, -0.25) is 10.1 Å². The molecule has 21 heavy (non-hydrogen) atoms. The molecule has 2 atom stereocenters. The molecule has 0 bridgehead atoms. The molecule has 7 nitrogen and oxygen atoms in total. The Kier molecular flexibility index (Phi) is 4.60. The lowest BCUT2D eigenvalue weighted by molar-refractivity contribution is -0.387. The van der Waals surface area contributed by atoms with Gasteiger partial charge in [-0.05, 0) is 30.9 Å². The van der Waals surface area contributed by atoms with Crippen LogP contribution in [0.2, 0.25) is 0 Å². The highest BCUT2D eigenvalue weighted by Crippen LogP contribution is 2.31. The van der Waals surface area contributed by atoms with E-state index >= 15 is 0 Å². The molecule has 2 rings (SSSR count). The third-order valence-electron chi connectivity index (χ3n) is 4.06. The van der Waals surface area contributed by atoms with E-state index in [4.69, 9.17) is 5.73 Å². The number of hydrogen-bond donors (Lipinski definition) is 1. The number of benzene rings is 1. The van der Waals surface area contributed by atoms with E-state index in [1.165, 1.54) is 28.6 Å². The summed E-state index contributed by atoms with van der Waals surface area (Å²) in [5.41, 5.74) is 5.30. The minimum atomic E-state index is -3.87. The number of rotatable bonds is 4. The standard InChI is InChI=1S/C13H19N3O4S/c1-10-6-7-15(9-11(10)8-14)21(19,20)13-5-3-2-4-12(13)16(17)18/h2-5,10-11H,6-9,14H2,1H3. The van der Waals surface area contributed by atoms with E-state index in [1.807, 2.05) is 6.92 Å². The predicted molar refractivity (Wildman–Crippen MR) is 78.2 cm³/mol. The van der Waals surface area contributed by atoms with E-state index in [2.05, 4.69) is 0 Å². The average molecular weight is 313 g/mol. The van der Waals surface area contributed by atoms with Crippen molar-refractivity contribution in [3.8, 4) is 0 Å². The number of para-hydroxylation sites is 1. The summed E-state index contributed by atoms with van der Waals surface area (Å²) in [6.45, 7) is 3.13. The van der Waals surface area contributed by atoms with E-state index < -0.39 is 14.9 Å². The molecule has 1 heterocycles. The predicted octanol–water partition coefficient (Wildman–Crippen LogP) is 1.20. The van der Waals surface area contributed by atoms with Crippen LogP contribution in [0.5, 0.6) is 0 Å². The summed E-state index contributed by atoms with van der Waals surface area (Å²) in [5, 5.41) is 11.0. The van der Waals surface area contributed by atoms with Gasteiger partial charge in [0.2, 0.25) is 10.0 Å². The molecule has 0 aromatic heterocycles. The number of piperidine rings is 1. The lowest BCUT2D eigenvalue weighted by atomic mass is 9.88. The summed E-state index contributed by atoms with van der Waals surface area (Å²) in [6, 6.07) is 5.44. The topological polar surface area (TPSA) is 107 Å². The second kappa shape index (κ2) is 6.08. The average Bonchev–Trinajstić information content (AvgIpc) is 2.47. The molecular weight excluding hydrogens is 294 g/mol. The molecule has 0 amide bonds. The Labute approximate surface area is 123 Å². The van der Waals surface area contributed by atoms with Crippen molar-refractivity contribution < 1.29 is 13.3 Å². The first kappa shape index (κ1) is 15.9. The number of nitro groups is 1. The van der Waals surface area contributed by atoms with Gasteiger partial charge in [0.05, 0.1) is 4.92 Å². The molecule has 0 radical (unpaired) electrons. The Morgan fingerprint density at radius 3 is 2.71 bits per heavy atom. The quantitative estimate of drug-likeness (QED) is 0.664. The molecule has 116 valence electrons. The Balaban J connectivity index is 2.37. The van der Waals surface area contributed by atoms with E-state index in [0.717, 1.165) is 0 Å². The Morgan fingerprint density at radius 1 is 1.43 bits per heavy atom. The van der Waals surface area contributed by atoms with Crippen molar-refractivity contribution in [3.63, 3.8) is 0 Å². The van der Waals surface area contributed by atoms with E-state index in [9.17, 15) is 18.5 Å². The lowest BCUT2D eigenvalue weighted by Crippen LogP contribution is -2.45. The molecule has 2 N–H and O–H groups in total. The number of nitrogens with two attached hydrogens (primary N) is 1. The van der Waals surface area contributed by atoms with Gasteiger partial charge in [0.25, 0.3) is 5.69 Å². The second-order valence-electron chi connectivity index (χ2n) is 5.35. The number of hydrogen-bond acceptors (Lipinski definition) is 5. The molecule has 2 unspecified atom stereocenters. The van der Waals surface area contributed by atoms with E-state index in [0.29, 0.717) is 32.0 Å². The van der Waals surface area contributed by atoms with Gasteiger partial charge >= 0.3 is 0 Å². The zero-order valence-corrected chi connectivity index (χ0v) is 12.6. The van der Waals surface area contributed by atoms with Crippen molar-refractivity contribution >= 4 is 15.7 Å². The SMILES string of the molecule is CC1CCN(S(=O)(=O)c2ccccc2[N+](=O)[O-])CC1CN. The van der Waals surface area contributed by atoms with Crippen molar-refractivity contribution in [1.29, 1.82) is 0 Å². The van der Waals surface area contributed by atoms with E-state index in [1.54, 1.807) is 0 Å². The number of sulfonamides is 1. The van der Waals surface area contributed by atoms with Crippen LogP contribution in [0, 0.1) is 22.0 Å². The van der Waals surface area contributed by atoms with Crippen molar-refractivity contribution in [2.75, 3.05) is 19.6 Å². The molecule has 1 aromatic rings. The number of nitrogens with zero attached hydrogens (tertiary/aromatic N) is 2. The summed E-state index contributed by atoms with van der Waals surface area (Å²) in [7, 11) is -3.87. The van der Waals surface area contributed by atoms with Crippen LogP contribution in [0.4, 0.5) is 5.69 Å². The minimum Gasteiger partial charge on any atom is -0.330 e. The zero-order chi connectivity index (χ0) is 15.6. The van der Waals surface area contributed by atoms with Crippen LogP contribution in [-0.2, 0) is 10.0 Å². The fourth-order valence-electron chi connectivity index (χ4n) is 2.61. The smallest absolute Gasteiger partial charge is 0.289 e. The van der Waals surface area contributed by atoms with Gasteiger partial charge in [-0.2, -0.15) is 4.31 Å². The van der Waals surface area contributed by atoms with Gasteiger partial charge in [0, 0.05) is 19.2 Å². The maximum Gasteiger partial charge on any atom is 0.289 e. The maximum atomic E-state index is 12.7. The third-order valence-corrected chi connectivity index (χ3v) is 5.97. The van der Waals surface area contributed by atoms with Crippen molar-refractivity contribution in [3.05, 3.63) is 34.4 Å². The molecule has 8 heteroatoms. The fraction of sp³-hybridized carbons (Fsp3) is 0.538. The summed E-state index contributed by atoms with van der Waals surface area (Å²) < 4.78 is 26.6. The van der Waals surface area contributed by atoms with Gasteiger partial charge in [-0.25, -0.2) is 8.42 Å². The number of nitro benzene ring substituents is 1. The molecular formula is C13H19N3O4S. The van der Waals surface area contributed by atoms with Crippen molar-refractivity contribution in [2.24, 2.45) is 17.6 Å². The summed E-state index contributed by atoms with van der Waals surface area (Å²) >= 11 is 0. The Bertz CT molecular complexity index is 632. The highest BCUT2D eigenvalue weighted by Gasteiger charge is 2.36. The third kappa shape index (κ3) is 3.07. The van der Waals surface area contributed by atoms with Crippen molar-refractivity contribution in [1.82, 2.24) is 4.31 Å². The summed E-state index contributed by atoms with van der Waals surface area (Å²) in [4.78, 5) is 10.1. The molecule has 1 saturated heterocycles. The van der Waals surface area contributed by atoms with Crippen LogP contribution in [0.3, 0.4) is 0 Å². The molecule has 1 fully saturated rings.